The number of ether oxygens (including phenoxy) is 1. The van der Waals surface area contributed by atoms with Crippen molar-refractivity contribution in [2.24, 2.45) is 5.41 Å². The molecule has 1 aromatic rings. The lowest BCUT2D eigenvalue weighted by Crippen LogP contribution is -2.43. The van der Waals surface area contributed by atoms with Crippen molar-refractivity contribution in [2.45, 2.75) is 46.0 Å². The van der Waals surface area contributed by atoms with Crippen LogP contribution in [0.4, 0.5) is 0 Å². The van der Waals surface area contributed by atoms with Crippen molar-refractivity contribution in [1.29, 1.82) is 0 Å². The monoisotopic (exact) mass is 321 g/mol. The van der Waals surface area contributed by atoms with Gasteiger partial charge in [0.1, 0.15) is 5.75 Å². The summed E-state index contributed by atoms with van der Waals surface area (Å²) in [5.74, 6) is -0.544. The average molecular weight is 321 g/mol. The van der Waals surface area contributed by atoms with Crippen molar-refractivity contribution in [2.75, 3.05) is 13.7 Å². The van der Waals surface area contributed by atoms with E-state index in [1.807, 2.05) is 45.0 Å². The number of nitrogens with one attached hydrogen (secondary N) is 1. The molecule has 0 spiro atoms. The van der Waals surface area contributed by atoms with E-state index >= 15 is 0 Å². The molecule has 2 N–H and O–H groups in total. The van der Waals surface area contributed by atoms with Gasteiger partial charge < -0.3 is 15.2 Å². The first-order valence-electron chi connectivity index (χ1n) is 8.09. The molecule has 0 aromatic heterocycles. The van der Waals surface area contributed by atoms with E-state index in [4.69, 9.17) is 4.74 Å². The maximum atomic E-state index is 12.5. The van der Waals surface area contributed by atoms with Gasteiger partial charge in [0.2, 0.25) is 5.91 Å². The molecule has 5 nitrogen and oxygen atoms in total. The summed E-state index contributed by atoms with van der Waals surface area (Å²) in [5.41, 5.74) is 0.00754. The van der Waals surface area contributed by atoms with Crippen molar-refractivity contribution in [3.8, 4) is 5.75 Å². The maximum Gasteiger partial charge on any atom is 0.311 e. The van der Waals surface area contributed by atoms with Crippen molar-refractivity contribution in [3.05, 3.63) is 29.8 Å². The molecular formula is C18H27NO4. The molecular weight excluding hydrogens is 294 g/mol. The quantitative estimate of drug-likeness (QED) is 0.732. The van der Waals surface area contributed by atoms with Crippen molar-refractivity contribution >= 4 is 11.9 Å². The number of carboxylic acid groups (broad SMARTS) is 1. The van der Waals surface area contributed by atoms with Crippen LogP contribution in [0.15, 0.2) is 24.3 Å². The van der Waals surface area contributed by atoms with Crippen LogP contribution in [0.3, 0.4) is 0 Å². The van der Waals surface area contributed by atoms with Gasteiger partial charge in [-0.1, -0.05) is 32.9 Å². The molecule has 0 heterocycles. The van der Waals surface area contributed by atoms with Gasteiger partial charge in [0.25, 0.3) is 0 Å². The Balaban J connectivity index is 2.82. The second-order valence-corrected chi connectivity index (χ2v) is 5.74. The van der Waals surface area contributed by atoms with Crippen LogP contribution in [0.25, 0.3) is 0 Å². The molecule has 5 heteroatoms. The van der Waals surface area contributed by atoms with Crippen LogP contribution in [-0.2, 0) is 9.59 Å². The molecule has 0 aliphatic carbocycles. The molecule has 0 fully saturated rings. The number of rotatable bonds is 9. The van der Waals surface area contributed by atoms with E-state index in [0.717, 1.165) is 11.3 Å². The second-order valence-electron chi connectivity index (χ2n) is 5.74. The number of methoxy groups -OCH3 is 1. The Morgan fingerprint density at radius 3 is 2.13 bits per heavy atom. The molecule has 23 heavy (non-hydrogen) atoms. The maximum absolute atomic E-state index is 12.5. The lowest BCUT2D eigenvalue weighted by molar-refractivity contribution is -0.149. The fraction of sp³-hybridized carbons (Fsp3) is 0.556. The zero-order chi connectivity index (χ0) is 17.5. The van der Waals surface area contributed by atoms with E-state index in [1.54, 1.807) is 7.11 Å². The highest BCUT2D eigenvalue weighted by Crippen LogP contribution is 2.27. The van der Waals surface area contributed by atoms with Crippen LogP contribution in [0.5, 0.6) is 5.75 Å². The summed E-state index contributed by atoms with van der Waals surface area (Å²) in [4.78, 5) is 24.0. The summed E-state index contributed by atoms with van der Waals surface area (Å²) in [7, 11) is 1.60. The van der Waals surface area contributed by atoms with Gasteiger partial charge >= 0.3 is 5.97 Å². The normalized spacial score (nSPS) is 12.5. The first-order chi connectivity index (χ1) is 10.9. The lowest BCUT2D eigenvalue weighted by atomic mass is 9.82. The molecule has 1 amide bonds. The number of hydrogen-bond acceptors (Lipinski definition) is 3. The minimum Gasteiger partial charge on any atom is -0.497 e. The minimum absolute atomic E-state index is 0.134. The zero-order valence-electron chi connectivity index (χ0n) is 14.4. The zero-order valence-corrected chi connectivity index (χ0v) is 14.4. The topological polar surface area (TPSA) is 75.6 Å². The van der Waals surface area contributed by atoms with Crippen molar-refractivity contribution < 1.29 is 19.4 Å². The number of aliphatic carboxylic acids is 1. The van der Waals surface area contributed by atoms with Gasteiger partial charge in [0, 0.05) is 6.54 Å². The van der Waals surface area contributed by atoms with Crippen LogP contribution in [0.2, 0.25) is 0 Å². The Morgan fingerprint density at radius 1 is 1.17 bits per heavy atom. The molecule has 1 atom stereocenters. The summed E-state index contributed by atoms with van der Waals surface area (Å²) in [6.45, 7) is 5.77. The van der Waals surface area contributed by atoms with Crippen molar-refractivity contribution in [1.82, 2.24) is 5.32 Å². The molecule has 1 rings (SSSR count). The third-order valence-electron chi connectivity index (χ3n) is 4.65. The SMILES string of the molecule is CCC(C(=O)NCC(CC)(CC)C(=O)O)c1ccc(OC)cc1. The largest absolute Gasteiger partial charge is 0.497 e. The molecule has 0 aliphatic heterocycles. The summed E-state index contributed by atoms with van der Waals surface area (Å²) in [5, 5.41) is 12.3. The minimum atomic E-state index is -0.895. The molecule has 128 valence electrons. The molecule has 0 radical (unpaired) electrons. The van der Waals surface area contributed by atoms with Gasteiger partial charge in [-0.15, -0.1) is 0 Å². The smallest absolute Gasteiger partial charge is 0.311 e. The van der Waals surface area contributed by atoms with Gasteiger partial charge in [-0.25, -0.2) is 0 Å². The molecule has 0 saturated heterocycles. The summed E-state index contributed by atoms with van der Waals surface area (Å²) >= 11 is 0. The first kappa shape index (κ1) is 19.0. The highest BCUT2D eigenvalue weighted by molar-refractivity contribution is 5.84. The van der Waals surface area contributed by atoms with Crippen molar-refractivity contribution in [3.63, 3.8) is 0 Å². The number of hydrogen-bond donors (Lipinski definition) is 2. The van der Waals surface area contributed by atoms with E-state index in [-0.39, 0.29) is 18.4 Å². The summed E-state index contributed by atoms with van der Waals surface area (Å²) < 4.78 is 5.12. The second kappa shape index (κ2) is 8.56. The van der Waals surface area contributed by atoms with Crippen LogP contribution < -0.4 is 10.1 Å². The van der Waals surface area contributed by atoms with Gasteiger partial charge in [-0.05, 0) is 37.0 Å². The predicted octanol–water partition coefficient (Wildman–Crippen LogP) is 3.20. The molecule has 0 bridgehead atoms. The number of carbonyl (C=O) groups is 2. The van der Waals surface area contributed by atoms with Crippen LogP contribution in [0, 0.1) is 5.41 Å². The molecule has 1 aromatic carbocycles. The van der Waals surface area contributed by atoms with Crippen LogP contribution in [0.1, 0.15) is 51.5 Å². The number of carbonyl (C=O) groups excluding carboxylic acids is 1. The van der Waals surface area contributed by atoms with E-state index in [2.05, 4.69) is 5.32 Å². The van der Waals surface area contributed by atoms with Gasteiger partial charge in [-0.2, -0.15) is 0 Å². The number of benzene rings is 1. The lowest BCUT2D eigenvalue weighted by Gasteiger charge is -2.28. The van der Waals surface area contributed by atoms with E-state index in [9.17, 15) is 14.7 Å². The molecule has 1 unspecified atom stereocenters. The standard InChI is InChI=1S/C18H27NO4/c1-5-15(13-8-10-14(23-4)11-9-13)16(20)19-12-18(6-2,7-3)17(21)22/h8-11,15H,5-7,12H2,1-4H3,(H,19,20)(H,21,22). The number of carboxylic acids is 1. The summed E-state index contributed by atoms with van der Waals surface area (Å²) in [6.07, 6.45) is 1.62. The summed E-state index contributed by atoms with van der Waals surface area (Å²) in [6, 6.07) is 7.39. The fourth-order valence-electron chi connectivity index (χ4n) is 2.67. The van der Waals surface area contributed by atoms with E-state index < -0.39 is 11.4 Å². The first-order valence-corrected chi connectivity index (χ1v) is 8.09. The highest BCUT2D eigenvalue weighted by atomic mass is 16.5. The van der Waals surface area contributed by atoms with Gasteiger partial charge in [0.05, 0.1) is 18.4 Å². The van der Waals surface area contributed by atoms with Crippen LogP contribution in [-0.4, -0.2) is 30.6 Å². The van der Waals surface area contributed by atoms with Gasteiger partial charge in [0.15, 0.2) is 0 Å². The third kappa shape index (κ3) is 4.47. The van der Waals surface area contributed by atoms with E-state index in [1.165, 1.54) is 0 Å². The Morgan fingerprint density at radius 2 is 1.74 bits per heavy atom. The highest BCUT2D eigenvalue weighted by Gasteiger charge is 2.35. The Labute approximate surface area is 138 Å². The predicted molar refractivity (Wildman–Crippen MR) is 89.7 cm³/mol. The number of amides is 1. The Bertz CT molecular complexity index is 520. The molecule has 0 aliphatic rings. The Hall–Kier alpha value is -2.04. The third-order valence-corrected chi connectivity index (χ3v) is 4.65. The molecule has 0 saturated carbocycles. The fourth-order valence-corrected chi connectivity index (χ4v) is 2.67. The van der Waals surface area contributed by atoms with E-state index in [0.29, 0.717) is 19.3 Å². The van der Waals surface area contributed by atoms with Crippen LogP contribution >= 0.6 is 0 Å². The average Bonchev–Trinajstić information content (AvgIpc) is 2.57. The Kier molecular flexibility index (Phi) is 7.07. The van der Waals surface area contributed by atoms with Gasteiger partial charge in [-0.3, -0.25) is 9.59 Å².